The summed E-state index contributed by atoms with van der Waals surface area (Å²) >= 11 is 0. The summed E-state index contributed by atoms with van der Waals surface area (Å²) in [5.74, 6) is -0.825. The van der Waals surface area contributed by atoms with Crippen molar-refractivity contribution in [2.45, 2.75) is 6.92 Å². The van der Waals surface area contributed by atoms with Gasteiger partial charge in [-0.2, -0.15) is 0 Å². The predicted octanol–water partition coefficient (Wildman–Crippen LogP) is -0.0517. The highest BCUT2D eigenvalue weighted by atomic mass is 16.2. The summed E-state index contributed by atoms with van der Waals surface area (Å²) in [6.07, 6.45) is 0. The molecule has 1 aliphatic rings. The Labute approximate surface area is 101 Å². The minimum absolute atomic E-state index is 0.123. The fourth-order valence-corrected chi connectivity index (χ4v) is 2.29. The van der Waals surface area contributed by atoms with E-state index in [1.54, 1.807) is 30.6 Å². The van der Waals surface area contributed by atoms with Crippen molar-refractivity contribution < 1.29 is 9.59 Å². The lowest BCUT2D eigenvalue weighted by atomic mass is 9.62. The Morgan fingerprint density at radius 3 is 1.94 bits per heavy atom. The van der Waals surface area contributed by atoms with E-state index in [0.717, 1.165) is 5.46 Å². The lowest BCUT2D eigenvalue weighted by Crippen LogP contribution is -2.67. The van der Waals surface area contributed by atoms with Gasteiger partial charge in [0.15, 0.2) is 0 Å². The molecule has 17 heavy (non-hydrogen) atoms. The van der Waals surface area contributed by atoms with Crippen LogP contribution in [0.4, 0.5) is 0 Å². The minimum Gasteiger partial charge on any atom is -0.365 e. The number of hydrogen-bond donors (Lipinski definition) is 0. The van der Waals surface area contributed by atoms with Gasteiger partial charge < -0.3 is 9.62 Å². The van der Waals surface area contributed by atoms with E-state index < -0.39 is 5.92 Å². The van der Waals surface area contributed by atoms with Crippen LogP contribution in [0.15, 0.2) is 30.3 Å². The number of benzene rings is 1. The van der Waals surface area contributed by atoms with Crippen LogP contribution < -0.4 is 5.46 Å². The number of nitrogens with zero attached hydrogens (tertiary/aromatic N) is 2. The van der Waals surface area contributed by atoms with Gasteiger partial charge in [0.25, 0.3) is 0 Å². The zero-order chi connectivity index (χ0) is 12.6. The number of amides is 2. The van der Waals surface area contributed by atoms with Crippen molar-refractivity contribution in [1.82, 2.24) is 9.62 Å². The third kappa shape index (κ3) is 1.81. The van der Waals surface area contributed by atoms with Crippen LogP contribution >= 0.6 is 0 Å². The van der Waals surface area contributed by atoms with Crippen LogP contribution in [0.25, 0.3) is 0 Å². The molecule has 0 bridgehead atoms. The Bertz CT molecular complexity index is 427. The maximum Gasteiger partial charge on any atom is 0.415 e. The quantitative estimate of drug-likeness (QED) is 0.501. The first-order valence-corrected chi connectivity index (χ1v) is 5.62. The van der Waals surface area contributed by atoms with Crippen molar-refractivity contribution in [1.29, 1.82) is 0 Å². The van der Waals surface area contributed by atoms with Crippen molar-refractivity contribution in [3.63, 3.8) is 0 Å². The highest BCUT2D eigenvalue weighted by molar-refractivity contribution is 6.73. The van der Waals surface area contributed by atoms with Crippen molar-refractivity contribution >= 4 is 24.3 Å². The van der Waals surface area contributed by atoms with E-state index in [1.807, 2.05) is 30.3 Å². The number of carbonyl (C=O) groups excluding carboxylic acids is 2. The molecule has 0 N–H and O–H groups in total. The molecular weight excluding hydrogens is 215 g/mol. The van der Waals surface area contributed by atoms with Gasteiger partial charge in [0.05, 0.1) is 0 Å². The van der Waals surface area contributed by atoms with Crippen molar-refractivity contribution in [2.24, 2.45) is 5.92 Å². The van der Waals surface area contributed by atoms with Crippen molar-refractivity contribution in [3.8, 4) is 0 Å². The zero-order valence-electron chi connectivity index (χ0n) is 10.3. The highest BCUT2D eigenvalue weighted by Gasteiger charge is 2.44. The second-order valence-electron chi connectivity index (χ2n) is 4.40. The summed E-state index contributed by atoms with van der Waals surface area (Å²) in [5, 5.41) is 0. The van der Waals surface area contributed by atoms with Crippen LogP contribution in [-0.2, 0) is 9.59 Å². The molecule has 1 saturated heterocycles. The first kappa shape index (κ1) is 11.7. The van der Waals surface area contributed by atoms with E-state index in [0.29, 0.717) is 0 Å². The lowest BCUT2D eigenvalue weighted by Gasteiger charge is -2.39. The number of carbonyl (C=O) groups is 2. The van der Waals surface area contributed by atoms with Crippen LogP contribution in [-0.4, -0.2) is 42.5 Å². The maximum atomic E-state index is 11.9. The van der Waals surface area contributed by atoms with E-state index in [9.17, 15) is 9.59 Å². The largest absolute Gasteiger partial charge is 0.415 e. The van der Waals surface area contributed by atoms with Gasteiger partial charge in [-0.25, -0.2) is 0 Å². The molecule has 4 nitrogen and oxygen atoms in total. The van der Waals surface area contributed by atoms with Crippen LogP contribution in [0.2, 0.25) is 0 Å². The third-order valence-corrected chi connectivity index (χ3v) is 3.27. The Kier molecular flexibility index (Phi) is 2.92. The average molecular weight is 230 g/mol. The van der Waals surface area contributed by atoms with Crippen molar-refractivity contribution in [3.05, 3.63) is 30.3 Å². The summed E-state index contributed by atoms with van der Waals surface area (Å²) in [6, 6.07) is 9.58. The molecule has 88 valence electrons. The normalized spacial score (nSPS) is 17.9. The van der Waals surface area contributed by atoms with Gasteiger partial charge in [0, 0.05) is 0 Å². The van der Waals surface area contributed by atoms with Gasteiger partial charge in [0.2, 0.25) is 11.8 Å². The molecule has 0 aromatic heterocycles. The van der Waals surface area contributed by atoms with Crippen LogP contribution in [0, 0.1) is 5.92 Å². The minimum atomic E-state index is -0.579. The summed E-state index contributed by atoms with van der Waals surface area (Å²) in [5.41, 5.74) is 0.950. The Balaban J connectivity index is 2.40. The van der Waals surface area contributed by atoms with Gasteiger partial charge in [-0.1, -0.05) is 30.3 Å². The Morgan fingerprint density at radius 1 is 1.00 bits per heavy atom. The number of hydrogen-bond acceptors (Lipinski definition) is 2. The molecule has 0 spiro atoms. The van der Waals surface area contributed by atoms with Crippen LogP contribution in [0.1, 0.15) is 6.92 Å². The van der Waals surface area contributed by atoms with Gasteiger partial charge in [-0.15, -0.1) is 0 Å². The van der Waals surface area contributed by atoms with E-state index >= 15 is 0 Å². The highest BCUT2D eigenvalue weighted by Crippen LogP contribution is 2.15. The molecule has 1 aromatic rings. The molecule has 1 aromatic carbocycles. The molecule has 5 heteroatoms. The standard InChI is InChI=1S/C12H15BN2O2/c1-9-11(16)14(2)13(15(3)12(9)17)10-7-5-4-6-8-10/h4-9H,1-3H3. The Morgan fingerprint density at radius 2 is 1.47 bits per heavy atom. The van der Waals surface area contributed by atoms with E-state index in [4.69, 9.17) is 0 Å². The first-order chi connectivity index (χ1) is 8.04. The monoisotopic (exact) mass is 230 g/mol. The molecule has 0 radical (unpaired) electrons. The first-order valence-electron chi connectivity index (χ1n) is 5.62. The molecule has 1 fully saturated rings. The van der Waals surface area contributed by atoms with Crippen molar-refractivity contribution in [2.75, 3.05) is 14.1 Å². The molecule has 0 saturated carbocycles. The lowest BCUT2D eigenvalue weighted by molar-refractivity contribution is -0.143. The van der Waals surface area contributed by atoms with Crippen LogP contribution in [0.3, 0.4) is 0 Å². The molecule has 1 aliphatic heterocycles. The summed E-state index contributed by atoms with van der Waals surface area (Å²) in [7, 11) is 3.47. The van der Waals surface area contributed by atoms with E-state index in [1.165, 1.54) is 0 Å². The molecule has 2 amide bonds. The van der Waals surface area contributed by atoms with Gasteiger partial charge in [0.1, 0.15) is 5.92 Å². The van der Waals surface area contributed by atoms with E-state index in [2.05, 4.69) is 0 Å². The SMILES string of the molecule is CC1C(=O)N(C)B(c2ccccc2)N(C)C1=O. The topological polar surface area (TPSA) is 40.6 Å². The summed E-state index contributed by atoms with van der Waals surface area (Å²) in [6.45, 7) is 1.35. The second-order valence-corrected chi connectivity index (χ2v) is 4.40. The molecule has 0 aliphatic carbocycles. The van der Waals surface area contributed by atoms with Gasteiger partial charge in [-0.3, -0.25) is 9.59 Å². The fraction of sp³-hybridized carbons (Fsp3) is 0.333. The number of rotatable bonds is 1. The molecular formula is C12H15BN2O2. The smallest absolute Gasteiger partial charge is 0.365 e. The molecule has 1 heterocycles. The third-order valence-electron chi connectivity index (χ3n) is 3.27. The summed E-state index contributed by atoms with van der Waals surface area (Å²) < 4.78 is 0. The van der Waals surface area contributed by atoms with Gasteiger partial charge in [-0.05, 0) is 26.5 Å². The maximum absolute atomic E-state index is 11.9. The molecule has 0 atom stereocenters. The molecule has 2 rings (SSSR count). The Hall–Kier alpha value is -1.78. The summed E-state index contributed by atoms with van der Waals surface area (Å²) in [4.78, 5) is 27.1. The fourth-order valence-electron chi connectivity index (χ4n) is 2.29. The zero-order valence-corrected chi connectivity index (χ0v) is 10.3. The predicted molar refractivity (Wildman–Crippen MR) is 66.5 cm³/mol. The van der Waals surface area contributed by atoms with E-state index in [-0.39, 0.29) is 18.8 Å². The van der Waals surface area contributed by atoms with Crippen LogP contribution in [0.5, 0.6) is 0 Å². The average Bonchev–Trinajstić information content (AvgIpc) is 2.36. The second kappa shape index (κ2) is 4.24. The van der Waals surface area contributed by atoms with Gasteiger partial charge >= 0.3 is 6.98 Å². The molecule has 0 unspecified atom stereocenters.